The predicted octanol–water partition coefficient (Wildman–Crippen LogP) is 5.03. The number of carbonyl (C=O) groups is 1. The Kier molecular flexibility index (Phi) is 8.55. The number of nitrogens with one attached hydrogen (secondary N) is 4. The number of likely N-dealkylation sites (N-methyl/N-ethyl adjacent to an activating group) is 1. The molecular weight excluding hydrogens is 599 g/mol. The fourth-order valence-corrected chi connectivity index (χ4v) is 5.82. The first kappa shape index (κ1) is 30.4. The summed E-state index contributed by atoms with van der Waals surface area (Å²) in [4.78, 5) is 36.7. The van der Waals surface area contributed by atoms with Crippen molar-refractivity contribution in [3.05, 3.63) is 66.9 Å². The number of halogens is 1. The number of imidazole rings is 1. The lowest BCUT2D eigenvalue weighted by atomic mass is 9.94. The van der Waals surface area contributed by atoms with Crippen molar-refractivity contribution in [2.45, 2.75) is 19.3 Å². The first-order chi connectivity index (χ1) is 22.9. The Balaban J connectivity index is 1.16. The van der Waals surface area contributed by atoms with Crippen LogP contribution < -0.4 is 15.4 Å². The number of hydrogen-bond acceptors (Lipinski definition) is 9. The molecule has 4 N–H and O–H groups in total. The smallest absolute Gasteiger partial charge is 0.224 e. The minimum absolute atomic E-state index is 0.0126. The van der Waals surface area contributed by atoms with Crippen LogP contribution in [-0.4, -0.2) is 86.3 Å². The SMILES string of the molecule is CN(C)CCOc1cc(F)cc(-c2nccc3[nH]c(-c4n[nH]c5ccc(-c6cncc(NC(=O)CC7CCNCC7)c6)nc45)nc23)c1. The number of fused-ring (bicyclic) bond motifs is 2. The van der Waals surface area contributed by atoms with Crippen molar-refractivity contribution >= 4 is 33.7 Å². The number of hydrogen-bond donors (Lipinski definition) is 4. The number of amides is 1. The lowest BCUT2D eigenvalue weighted by molar-refractivity contribution is -0.117. The largest absolute Gasteiger partial charge is 0.492 e. The second-order valence-electron chi connectivity index (χ2n) is 12.0. The van der Waals surface area contributed by atoms with Gasteiger partial charge in [-0.05, 0) is 82.3 Å². The summed E-state index contributed by atoms with van der Waals surface area (Å²) < 4.78 is 20.5. The first-order valence-corrected chi connectivity index (χ1v) is 15.6. The summed E-state index contributed by atoms with van der Waals surface area (Å²) in [6, 6.07) is 12.0. The molecule has 0 atom stereocenters. The van der Waals surface area contributed by atoms with Crippen LogP contribution in [0.15, 0.2) is 61.1 Å². The third-order valence-electron chi connectivity index (χ3n) is 8.24. The molecule has 1 aliphatic heterocycles. The fourth-order valence-electron chi connectivity index (χ4n) is 5.82. The van der Waals surface area contributed by atoms with Gasteiger partial charge in [-0.25, -0.2) is 14.4 Å². The summed E-state index contributed by atoms with van der Waals surface area (Å²) >= 11 is 0. The number of anilines is 1. The van der Waals surface area contributed by atoms with Gasteiger partial charge in [0, 0.05) is 42.6 Å². The van der Waals surface area contributed by atoms with Crippen molar-refractivity contribution in [2.24, 2.45) is 5.92 Å². The van der Waals surface area contributed by atoms with Crippen LogP contribution in [-0.2, 0) is 4.79 Å². The normalized spacial score (nSPS) is 13.9. The molecule has 240 valence electrons. The highest BCUT2D eigenvalue weighted by Crippen LogP contribution is 2.33. The second-order valence-corrected chi connectivity index (χ2v) is 12.0. The molecule has 6 heterocycles. The van der Waals surface area contributed by atoms with Crippen LogP contribution >= 0.6 is 0 Å². The van der Waals surface area contributed by atoms with Gasteiger partial charge in [-0.3, -0.25) is 19.9 Å². The third kappa shape index (κ3) is 6.81. The first-order valence-electron chi connectivity index (χ1n) is 15.6. The zero-order valence-corrected chi connectivity index (χ0v) is 26.2. The van der Waals surface area contributed by atoms with Gasteiger partial charge < -0.3 is 25.3 Å². The molecule has 0 saturated carbocycles. The fraction of sp³-hybridized carbons (Fsp3) is 0.294. The molecule has 1 aliphatic rings. The standard InChI is InChI=1S/C34H35FN10O2/c1-45(2)11-12-47-25-16-21(14-23(35)17-25)30-31-27(7-10-38-30)41-34(42-31)33-32-28(43-44-33)4-3-26(40-32)22-15-24(19-37-18-22)39-29(46)13-20-5-8-36-9-6-20/h3-4,7,10,14-20,36H,5-6,8-9,11-13H2,1-2H3,(H,39,46)(H,41,42)(H,43,44). The molecule has 13 heteroatoms. The number of nitrogens with zero attached hydrogens (tertiary/aromatic N) is 6. The van der Waals surface area contributed by atoms with E-state index in [1.54, 1.807) is 24.7 Å². The molecule has 12 nitrogen and oxygen atoms in total. The van der Waals surface area contributed by atoms with Crippen molar-refractivity contribution in [1.82, 2.24) is 45.3 Å². The van der Waals surface area contributed by atoms with Crippen LogP contribution in [0.3, 0.4) is 0 Å². The van der Waals surface area contributed by atoms with E-state index in [-0.39, 0.29) is 5.91 Å². The minimum atomic E-state index is -0.424. The van der Waals surface area contributed by atoms with Crippen LogP contribution in [0.1, 0.15) is 19.3 Å². The van der Waals surface area contributed by atoms with E-state index in [0.29, 0.717) is 81.9 Å². The summed E-state index contributed by atoms with van der Waals surface area (Å²) in [5.41, 5.74) is 6.26. The molecule has 0 bridgehead atoms. The maximum atomic E-state index is 14.7. The lowest BCUT2D eigenvalue weighted by Gasteiger charge is -2.21. The molecule has 1 aromatic carbocycles. The molecule has 0 unspecified atom stereocenters. The molecule has 7 rings (SSSR count). The maximum absolute atomic E-state index is 14.7. The Morgan fingerprint density at radius 3 is 2.70 bits per heavy atom. The summed E-state index contributed by atoms with van der Waals surface area (Å²) in [6.45, 7) is 3.03. The number of ether oxygens (including phenoxy) is 1. The quantitative estimate of drug-likeness (QED) is 0.163. The predicted molar refractivity (Wildman–Crippen MR) is 178 cm³/mol. The third-order valence-corrected chi connectivity index (χ3v) is 8.24. The van der Waals surface area contributed by atoms with Crippen molar-refractivity contribution < 1.29 is 13.9 Å². The monoisotopic (exact) mass is 634 g/mol. The number of benzene rings is 1. The van der Waals surface area contributed by atoms with E-state index in [1.807, 2.05) is 43.3 Å². The summed E-state index contributed by atoms with van der Waals surface area (Å²) in [5, 5.41) is 13.9. The van der Waals surface area contributed by atoms with E-state index < -0.39 is 5.82 Å². The maximum Gasteiger partial charge on any atom is 0.224 e. The van der Waals surface area contributed by atoms with Crippen LogP contribution in [0, 0.1) is 11.7 Å². The number of aromatic amines is 2. The molecule has 1 fully saturated rings. The van der Waals surface area contributed by atoms with Gasteiger partial charge in [0.25, 0.3) is 0 Å². The Morgan fingerprint density at radius 1 is 1.00 bits per heavy atom. The highest BCUT2D eigenvalue weighted by molar-refractivity contribution is 5.95. The van der Waals surface area contributed by atoms with Gasteiger partial charge >= 0.3 is 0 Å². The molecule has 5 aromatic heterocycles. The highest BCUT2D eigenvalue weighted by Gasteiger charge is 2.20. The second kappa shape index (κ2) is 13.2. The van der Waals surface area contributed by atoms with Crippen molar-refractivity contribution in [1.29, 1.82) is 0 Å². The number of H-pyrrole nitrogens is 2. The molecule has 0 spiro atoms. The Morgan fingerprint density at radius 2 is 1.85 bits per heavy atom. The van der Waals surface area contributed by atoms with Crippen LogP contribution in [0.2, 0.25) is 0 Å². The van der Waals surface area contributed by atoms with E-state index in [0.717, 1.165) is 37.0 Å². The molecule has 1 saturated heterocycles. The van der Waals surface area contributed by atoms with Gasteiger partial charge in [-0.15, -0.1) is 0 Å². The molecule has 47 heavy (non-hydrogen) atoms. The average molecular weight is 635 g/mol. The van der Waals surface area contributed by atoms with Gasteiger partial charge in [-0.1, -0.05) is 0 Å². The summed E-state index contributed by atoms with van der Waals surface area (Å²) in [6.07, 6.45) is 7.51. The minimum Gasteiger partial charge on any atom is -0.492 e. The zero-order valence-electron chi connectivity index (χ0n) is 26.2. The van der Waals surface area contributed by atoms with E-state index in [4.69, 9.17) is 14.7 Å². The van der Waals surface area contributed by atoms with Crippen LogP contribution in [0.5, 0.6) is 5.75 Å². The zero-order chi connectivity index (χ0) is 32.3. The van der Waals surface area contributed by atoms with Crippen molar-refractivity contribution in [3.63, 3.8) is 0 Å². The molecule has 0 radical (unpaired) electrons. The van der Waals surface area contributed by atoms with E-state index in [9.17, 15) is 9.18 Å². The summed E-state index contributed by atoms with van der Waals surface area (Å²) in [7, 11) is 3.90. The van der Waals surface area contributed by atoms with Gasteiger partial charge in [0.05, 0.1) is 34.3 Å². The topological polar surface area (TPSA) is 150 Å². The lowest BCUT2D eigenvalue weighted by Crippen LogP contribution is -2.30. The Bertz CT molecular complexity index is 2050. The Hall–Kier alpha value is -5.27. The number of piperidine rings is 1. The van der Waals surface area contributed by atoms with Gasteiger partial charge in [0.2, 0.25) is 5.91 Å². The molecule has 1 amide bonds. The number of pyridine rings is 3. The molecule has 0 aliphatic carbocycles. The van der Waals surface area contributed by atoms with Gasteiger partial charge in [0.15, 0.2) is 11.5 Å². The van der Waals surface area contributed by atoms with E-state index >= 15 is 0 Å². The molecule has 6 aromatic rings. The summed E-state index contributed by atoms with van der Waals surface area (Å²) in [5.74, 6) is 0.861. The van der Waals surface area contributed by atoms with Gasteiger partial charge in [-0.2, -0.15) is 5.10 Å². The Labute approximate surface area is 270 Å². The van der Waals surface area contributed by atoms with Gasteiger partial charge in [0.1, 0.15) is 29.2 Å². The molecular formula is C34H35FN10O2. The number of carbonyl (C=O) groups excluding carboxylic acids is 1. The van der Waals surface area contributed by atoms with Crippen LogP contribution in [0.4, 0.5) is 10.1 Å². The van der Waals surface area contributed by atoms with Crippen molar-refractivity contribution in [2.75, 3.05) is 45.7 Å². The average Bonchev–Trinajstić information content (AvgIpc) is 3.69. The van der Waals surface area contributed by atoms with Crippen LogP contribution in [0.25, 0.3) is 56.1 Å². The number of aromatic nitrogens is 7. The highest BCUT2D eigenvalue weighted by atomic mass is 19.1. The van der Waals surface area contributed by atoms with E-state index in [1.165, 1.54) is 12.1 Å². The number of rotatable bonds is 10. The van der Waals surface area contributed by atoms with Crippen molar-refractivity contribution in [3.8, 4) is 39.8 Å². The van der Waals surface area contributed by atoms with E-state index in [2.05, 4.69) is 35.8 Å².